The summed E-state index contributed by atoms with van der Waals surface area (Å²) in [6, 6.07) is 5.31. The molecular weight excluding hydrogens is 484 g/mol. The van der Waals surface area contributed by atoms with E-state index in [0.29, 0.717) is 18.1 Å². The van der Waals surface area contributed by atoms with Crippen LogP contribution in [0.1, 0.15) is 74.2 Å². The molecule has 10 heteroatoms. The Morgan fingerprint density at radius 2 is 1.60 bits per heavy atom. The fourth-order valence-electron chi connectivity index (χ4n) is 4.45. The summed E-state index contributed by atoms with van der Waals surface area (Å²) in [6.45, 7) is 1.18. The first-order chi connectivity index (χ1) is 16.4. The van der Waals surface area contributed by atoms with E-state index in [1.807, 2.05) is 0 Å². The summed E-state index contributed by atoms with van der Waals surface area (Å²) in [5, 5.41) is 0. The second-order valence-corrected chi connectivity index (χ2v) is 8.81. The van der Waals surface area contributed by atoms with Gasteiger partial charge in [0.2, 0.25) is 6.17 Å². The molecule has 0 saturated heterocycles. The highest BCUT2D eigenvalue weighted by atomic mass is 19.4. The third-order valence-corrected chi connectivity index (χ3v) is 6.28. The Morgan fingerprint density at radius 3 is 2.17 bits per heavy atom. The second-order valence-electron chi connectivity index (χ2n) is 8.81. The number of ether oxygens (including phenoxy) is 2. The average Bonchev–Trinajstić information content (AvgIpc) is 2.79. The van der Waals surface area contributed by atoms with Crippen molar-refractivity contribution in [1.29, 1.82) is 0 Å². The minimum absolute atomic E-state index is 0.160. The topological polar surface area (TPSA) is 18.5 Å². The fraction of sp³-hybridized carbons (Fsp3) is 0.520. The molecule has 3 rings (SSSR count). The van der Waals surface area contributed by atoms with Gasteiger partial charge in [-0.15, -0.1) is 13.2 Å². The predicted octanol–water partition coefficient (Wildman–Crippen LogP) is 8.76. The van der Waals surface area contributed by atoms with Gasteiger partial charge in [-0.25, -0.2) is 13.2 Å². The molecule has 0 N–H and O–H groups in total. The molecular formula is C25H26F8O2. The Kier molecular flexibility index (Phi) is 8.67. The highest BCUT2D eigenvalue weighted by Gasteiger charge is 2.43. The molecule has 0 radical (unpaired) electrons. The van der Waals surface area contributed by atoms with E-state index in [0.717, 1.165) is 37.7 Å². The van der Waals surface area contributed by atoms with Crippen molar-refractivity contribution in [2.24, 2.45) is 5.92 Å². The molecule has 0 amide bonds. The normalized spacial score (nSPS) is 20.0. The maximum atomic E-state index is 14.6. The van der Waals surface area contributed by atoms with Crippen LogP contribution in [0.25, 0.3) is 0 Å². The van der Waals surface area contributed by atoms with Gasteiger partial charge >= 0.3 is 12.5 Å². The maximum Gasteiger partial charge on any atom is 0.573 e. The van der Waals surface area contributed by atoms with Gasteiger partial charge in [0.1, 0.15) is 5.82 Å². The Balaban J connectivity index is 1.61. The van der Waals surface area contributed by atoms with Crippen LogP contribution in [0.3, 0.4) is 0 Å². The first-order valence-corrected chi connectivity index (χ1v) is 11.4. The van der Waals surface area contributed by atoms with E-state index in [-0.39, 0.29) is 17.5 Å². The van der Waals surface area contributed by atoms with Gasteiger partial charge in [0.25, 0.3) is 0 Å². The van der Waals surface area contributed by atoms with Crippen molar-refractivity contribution in [3.8, 4) is 5.75 Å². The molecule has 0 aromatic heterocycles. The van der Waals surface area contributed by atoms with Gasteiger partial charge in [-0.2, -0.15) is 8.78 Å². The van der Waals surface area contributed by atoms with Gasteiger partial charge < -0.3 is 9.47 Å². The monoisotopic (exact) mass is 510 g/mol. The van der Waals surface area contributed by atoms with E-state index >= 15 is 0 Å². The van der Waals surface area contributed by atoms with Gasteiger partial charge in [0.15, 0.2) is 11.6 Å². The first kappa shape index (κ1) is 27.2. The third kappa shape index (κ3) is 7.32. The number of hydrogen-bond acceptors (Lipinski definition) is 2. The molecule has 1 atom stereocenters. The van der Waals surface area contributed by atoms with Crippen LogP contribution in [0.2, 0.25) is 0 Å². The Hall–Kier alpha value is -2.36. The summed E-state index contributed by atoms with van der Waals surface area (Å²) >= 11 is 0. The molecule has 194 valence electrons. The van der Waals surface area contributed by atoms with Crippen molar-refractivity contribution >= 4 is 0 Å². The van der Waals surface area contributed by atoms with Crippen LogP contribution in [0, 0.1) is 17.6 Å². The van der Waals surface area contributed by atoms with Crippen LogP contribution in [0.5, 0.6) is 5.75 Å². The van der Waals surface area contributed by atoms with E-state index in [9.17, 15) is 35.1 Å². The number of alkyl halides is 6. The average molecular weight is 510 g/mol. The SMILES string of the molecule is CCCC1CCC(c2ccc(COC(F)(F)C(F)c3ccc(OC(F)(F)F)c(F)c3)c(F)c2)CC1. The summed E-state index contributed by atoms with van der Waals surface area (Å²) < 4.78 is 115. The molecule has 0 heterocycles. The van der Waals surface area contributed by atoms with E-state index < -0.39 is 48.2 Å². The lowest BCUT2D eigenvalue weighted by Gasteiger charge is -2.29. The maximum absolute atomic E-state index is 14.6. The molecule has 1 fully saturated rings. The molecule has 1 aliphatic rings. The molecule has 2 nitrogen and oxygen atoms in total. The molecule has 1 saturated carbocycles. The van der Waals surface area contributed by atoms with E-state index in [1.54, 1.807) is 6.07 Å². The quantitative estimate of drug-likeness (QED) is 0.314. The molecule has 35 heavy (non-hydrogen) atoms. The zero-order valence-corrected chi connectivity index (χ0v) is 19.0. The summed E-state index contributed by atoms with van der Waals surface area (Å²) in [6.07, 6.45) is -6.68. The smallest absolute Gasteiger partial charge is 0.403 e. The second kappa shape index (κ2) is 11.1. The minimum atomic E-state index is -5.21. The van der Waals surface area contributed by atoms with Gasteiger partial charge in [-0.1, -0.05) is 38.0 Å². The first-order valence-electron chi connectivity index (χ1n) is 11.4. The fourth-order valence-corrected chi connectivity index (χ4v) is 4.45. The van der Waals surface area contributed by atoms with Crippen molar-refractivity contribution in [3.05, 3.63) is 64.7 Å². The van der Waals surface area contributed by atoms with Crippen LogP contribution in [0.4, 0.5) is 35.1 Å². The number of benzene rings is 2. The lowest BCUT2D eigenvalue weighted by molar-refractivity contribution is -0.282. The Labute approximate surface area is 198 Å². The molecule has 1 unspecified atom stereocenters. The number of halogens is 8. The lowest BCUT2D eigenvalue weighted by Crippen LogP contribution is -2.27. The highest BCUT2D eigenvalue weighted by molar-refractivity contribution is 5.31. The highest BCUT2D eigenvalue weighted by Crippen LogP contribution is 2.40. The zero-order chi connectivity index (χ0) is 25.8. The van der Waals surface area contributed by atoms with Crippen LogP contribution in [-0.2, 0) is 11.3 Å². The van der Waals surface area contributed by atoms with Crippen LogP contribution >= 0.6 is 0 Å². The minimum Gasteiger partial charge on any atom is -0.403 e. The predicted molar refractivity (Wildman–Crippen MR) is 113 cm³/mol. The summed E-state index contributed by atoms with van der Waals surface area (Å²) in [4.78, 5) is 0. The zero-order valence-electron chi connectivity index (χ0n) is 19.0. The van der Waals surface area contributed by atoms with Gasteiger partial charge in [0.05, 0.1) is 6.61 Å². The molecule has 1 aliphatic carbocycles. The van der Waals surface area contributed by atoms with Crippen LogP contribution in [0.15, 0.2) is 36.4 Å². The largest absolute Gasteiger partial charge is 0.573 e. The van der Waals surface area contributed by atoms with E-state index in [4.69, 9.17) is 0 Å². The van der Waals surface area contributed by atoms with Crippen molar-refractivity contribution in [3.63, 3.8) is 0 Å². The third-order valence-electron chi connectivity index (χ3n) is 6.28. The summed E-state index contributed by atoms with van der Waals surface area (Å²) in [5.41, 5.74) is -0.398. The molecule has 0 aliphatic heterocycles. The molecule has 2 aromatic carbocycles. The summed E-state index contributed by atoms with van der Waals surface area (Å²) in [7, 11) is 0. The number of hydrogen-bond donors (Lipinski definition) is 0. The van der Waals surface area contributed by atoms with Gasteiger partial charge in [0, 0.05) is 5.56 Å². The Bertz CT molecular complexity index is 984. The number of rotatable bonds is 9. The van der Waals surface area contributed by atoms with Gasteiger partial charge in [-0.3, -0.25) is 0 Å². The van der Waals surface area contributed by atoms with E-state index in [1.165, 1.54) is 18.6 Å². The van der Waals surface area contributed by atoms with Crippen molar-refractivity contribution in [2.45, 2.75) is 76.6 Å². The standard InChI is InChI=1S/C25H26F8O2/c1-2-3-15-4-6-16(7-5-15)17-8-9-19(20(26)12-17)14-34-24(29,30)23(28)18-10-11-22(21(27)13-18)35-25(31,32)33/h8-13,15-16,23H,2-7,14H2,1H3. The Morgan fingerprint density at radius 1 is 0.914 bits per heavy atom. The van der Waals surface area contributed by atoms with E-state index in [2.05, 4.69) is 16.4 Å². The summed E-state index contributed by atoms with van der Waals surface area (Å²) in [5.74, 6) is -2.87. The lowest BCUT2D eigenvalue weighted by atomic mass is 9.77. The van der Waals surface area contributed by atoms with Crippen LogP contribution in [-0.4, -0.2) is 12.5 Å². The molecule has 0 spiro atoms. The van der Waals surface area contributed by atoms with Gasteiger partial charge in [-0.05, 0) is 66.8 Å². The van der Waals surface area contributed by atoms with Crippen molar-refractivity contribution < 1.29 is 44.6 Å². The van der Waals surface area contributed by atoms with Crippen molar-refractivity contribution in [2.75, 3.05) is 0 Å². The van der Waals surface area contributed by atoms with Crippen LogP contribution < -0.4 is 4.74 Å². The van der Waals surface area contributed by atoms with Crippen molar-refractivity contribution in [1.82, 2.24) is 0 Å². The molecule has 2 aromatic rings. The molecule has 0 bridgehead atoms.